The number of hydrogen-bond donors (Lipinski definition) is 2. The molecule has 1 amide bonds. The van der Waals surface area contributed by atoms with Crippen molar-refractivity contribution in [3.63, 3.8) is 0 Å². The number of halogens is 2. The number of nitrogens with one attached hydrogen (secondary N) is 1. The fourth-order valence-electron chi connectivity index (χ4n) is 3.57. The molecule has 0 saturated carbocycles. The van der Waals surface area contributed by atoms with Crippen LogP contribution in [0.25, 0.3) is 10.9 Å². The Morgan fingerprint density at radius 1 is 1.11 bits per heavy atom. The summed E-state index contributed by atoms with van der Waals surface area (Å²) in [6, 6.07) is 19.1. The first-order valence-electron chi connectivity index (χ1n) is 10.9. The average Bonchev–Trinajstić information content (AvgIpc) is 2.88. The molecule has 0 radical (unpaired) electrons. The number of amides is 1. The molecule has 12 heteroatoms. The highest BCUT2D eigenvalue weighted by molar-refractivity contribution is 7.80. The molecular formula is C26H24Cl2N4O4S2. The summed E-state index contributed by atoms with van der Waals surface area (Å²) in [6.45, 7) is 0. The normalized spacial score (nSPS) is 14.6. The maximum absolute atomic E-state index is 12.3. The van der Waals surface area contributed by atoms with Crippen LogP contribution in [0.2, 0.25) is 0 Å². The van der Waals surface area contributed by atoms with Crippen LogP contribution in [0, 0.1) is 5.92 Å². The van der Waals surface area contributed by atoms with Crippen molar-refractivity contribution in [3.8, 4) is 5.75 Å². The monoisotopic (exact) mass is 590 g/mol. The summed E-state index contributed by atoms with van der Waals surface area (Å²) >= 11 is 5.62. The standard InChI is InChI=1S/C26H22N4O4S2.2ClH/c1-28-26(27)30-25(31)21-13-12-20(15-24(21)36(32)33)34-19-10-7-17(8-11-19)23(35)14-18-9-6-16-4-2-3-5-22(16)29-18;;/h2-13,15,21H,14H2,1H3,(H3,27,28,30,31);2*1H. The predicted molar refractivity (Wildman–Crippen MR) is 159 cm³/mol. The zero-order valence-corrected chi connectivity index (χ0v) is 23.3. The minimum atomic E-state index is -2.64. The van der Waals surface area contributed by atoms with E-state index in [2.05, 4.69) is 15.3 Å². The van der Waals surface area contributed by atoms with Gasteiger partial charge in [-0.3, -0.25) is 20.1 Å². The maximum atomic E-state index is 12.3. The molecular weight excluding hydrogens is 567 g/mol. The fourth-order valence-corrected chi connectivity index (χ4v) is 4.46. The Balaban J connectivity index is 0.00000253. The number of aliphatic imine (C=N–C) groups is 1. The number of hydrogen-bond acceptors (Lipinski definition) is 7. The van der Waals surface area contributed by atoms with Crippen molar-refractivity contribution in [2.75, 3.05) is 7.05 Å². The Labute approximate surface area is 239 Å². The second-order valence-electron chi connectivity index (χ2n) is 7.84. The topological polar surface area (TPSA) is 124 Å². The van der Waals surface area contributed by atoms with Gasteiger partial charge in [-0.25, -0.2) is 0 Å². The number of aromatic nitrogens is 1. The number of para-hydroxylation sites is 1. The minimum absolute atomic E-state index is 0. The van der Waals surface area contributed by atoms with Crippen molar-refractivity contribution < 1.29 is 17.9 Å². The lowest BCUT2D eigenvalue weighted by molar-refractivity contribution is -0.120. The van der Waals surface area contributed by atoms with Gasteiger partial charge in [0, 0.05) is 35.5 Å². The molecule has 1 heterocycles. The summed E-state index contributed by atoms with van der Waals surface area (Å²) in [6.07, 6.45) is 4.79. The SMILES string of the molecule is CN=C(N)NC(=O)C1C=CC(Oc2ccc(C(=S)Cc3ccc4ccccc4n3)cc2)=CC1=S(=O)=O.Cl.Cl. The molecule has 8 nitrogen and oxygen atoms in total. The number of nitrogens with zero attached hydrogens (tertiary/aromatic N) is 2. The number of nitrogens with two attached hydrogens (primary N) is 1. The first kappa shape index (κ1) is 30.7. The highest BCUT2D eigenvalue weighted by atomic mass is 35.5. The van der Waals surface area contributed by atoms with Crippen LogP contribution >= 0.6 is 37.0 Å². The lowest BCUT2D eigenvalue weighted by Gasteiger charge is -2.17. The van der Waals surface area contributed by atoms with Crippen molar-refractivity contribution in [2.45, 2.75) is 6.42 Å². The van der Waals surface area contributed by atoms with Gasteiger partial charge in [0.2, 0.25) is 16.2 Å². The molecule has 1 unspecified atom stereocenters. The molecule has 1 aliphatic carbocycles. The van der Waals surface area contributed by atoms with Gasteiger partial charge in [0.1, 0.15) is 11.5 Å². The molecule has 0 aliphatic heterocycles. The van der Waals surface area contributed by atoms with Crippen LogP contribution in [0.5, 0.6) is 5.75 Å². The molecule has 0 spiro atoms. The van der Waals surface area contributed by atoms with E-state index in [1.165, 1.54) is 25.3 Å². The van der Waals surface area contributed by atoms with Gasteiger partial charge in [-0.05, 0) is 35.9 Å². The molecule has 0 fully saturated rings. The highest BCUT2D eigenvalue weighted by Crippen LogP contribution is 2.21. The number of carbonyl (C=O) groups excluding carboxylic acids is 1. The number of carbonyl (C=O) groups is 1. The van der Waals surface area contributed by atoms with Gasteiger partial charge in [-0.15, -0.1) is 24.8 Å². The zero-order valence-electron chi connectivity index (χ0n) is 20.0. The Kier molecular flexibility index (Phi) is 11.2. The van der Waals surface area contributed by atoms with Gasteiger partial charge in [0.25, 0.3) is 0 Å². The minimum Gasteiger partial charge on any atom is -0.457 e. The summed E-state index contributed by atoms with van der Waals surface area (Å²) in [5.74, 6) is -0.999. The van der Waals surface area contributed by atoms with Crippen molar-refractivity contribution in [1.82, 2.24) is 10.3 Å². The predicted octanol–water partition coefficient (Wildman–Crippen LogP) is 3.60. The molecule has 1 aliphatic rings. The van der Waals surface area contributed by atoms with E-state index in [4.69, 9.17) is 22.7 Å². The van der Waals surface area contributed by atoms with Crippen LogP contribution in [-0.2, 0) is 21.5 Å². The first-order chi connectivity index (χ1) is 17.3. The summed E-state index contributed by atoms with van der Waals surface area (Å²) in [5, 5.41) is 3.42. The van der Waals surface area contributed by atoms with Crippen LogP contribution in [0.1, 0.15) is 11.3 Å². The summed E-state index contributed by atoms with van der Waals surface area (Å²) in [7, 11) is -1.23. The lowest BCUT2D eigenvalue weighted by atomic mass is 9.99. The first-order valence-corrected chi connectivity index (χ1v) is 12.4. The van der Waals surface area contributed by atoms with E-state index in [9.17, 15) is 13.2 Å². The molecule has 3 N–H and O–H groups in total. The molecule has 0 bridgehead atoms. The van der Waals surface area contributed by atoms with Crippen LogP contribution in [0.3, 0.4) is 0 Å². The van der Waals surface area contributed by atoms with Gasteiger partial charge in [-0.2, -0.15) is 8.42 Å². The van der Waals surface area contributed by atoms with Crippen molar-refractivity contribution in [3.05, 3.63) is 95.9 Å². The van der Waals surface area contributed by atoms with Crippen LogP contribution < -0.4 is 15.8 Å². The van der Waals surface area contributed by atoms with E-state index in [0.717, 1.165) is 27.0 Å². The summed E-state index contributed by atoms with van der Waals surface area (Å²) < 4.78 is 29.3. The quantitative estimate of drug-likeness (QED) is 0.194. The number of allylic oxidation sites excluding steroid dienone is 2. The number of fused-ring (bicyclic) bond motifs is 1. The Hall–Kier alpha value is -3.57. The van der Waals surface area contributed by atoms with E-state index >= 15 is 0 Å². The fraction of sp³-hybridized carbons (Fsp3) is 0.115. The Morgan fingerprint density at radius 2 is 1.82 bits per heavy atom. The van der Waals surface area contributed by atoms with Crippen molar-refractivity contribution in [2.24, 2.45) is 16.6 Å². The van der Waals surface area contributed by atoms with Gasteiger partial charge in [0.15, 0.2) is 5.96 Å². The number of guanidine groups is 1. The third-order valence-corrected chi connectivity index (χ3v) is 6.56. The zero-order chi connectivity index (χ0) is 25.7. The smallest absolute Gasteiger partial charge is 0.239 e. The number of ether oxygens (including phenoxy) is 1. The van der Waals surface area contributed by atoms with Crippen molar-refractivity contribution in [1.29, 1.82) is 0 Å². The van der Waals surface area contributed by atoms with Crippen LogP contribution in [-0.4, -0.2) is 42.0 Å². The molecule has 0 saturated heterocycles. The van der Waals surface area contributed by atoms with E-state index in [1.807, 2.05) is 48.5 Å². The molecule has 1 atom stereocenters. The second kappa shape index (κ2) is 13.8. The molecule has 4 rings (SSSR count). The number of thiocarbonyl (C=S) groups is 1. The molecule has 3 aromatic rings. The number of pyridine rings is 1. The molecule has 1 aromatic heterocycles. The van der Waals surface area contributed by atoms with E-state index in [0.29, 0.717) is 12.2 Å². The Bertz CT molecular complexity index is 1580. The molecule has 38 heavy (non-hydrogen) atoms. The molecule has 2 aromatic carbocycles. The highest BCUT2D eigenvalue weighted by Gasteiger charge is 2.26. The van der Waals surface area contributed by atoms with E-state index < -0.39 is 22.1 Å². The summed E-state index contributed by atoms with van der Waals surface area (Å²) in [4.78, 5) is 21.2. The van der Waals surface area contributed by atoms with Crippen LogP contribution in [0.4, 0.5) is 0 Å². The third kappa shape index (κ3) is 7.48. The van der Waals surface area contributed by atoms with Gasteiger partial charge < -0.3 is 10.5 Å². The summed E-state index contributed by atoms with van der Waals surface area (Å²) in [5.41, 5.74) is 8.18. The Morgan fingerprint density at radius 3 is 2.50 bits per heavy atom. The molecule has 198 valence electrons. The van der Waals surface area contributed by atoms with E-state index in [1.54, 1.807) is 12.1 Å². The third-order valence-electron chi connectivity index (χ3n) is 5.42. The lowest BCUT2D eigenvalue weighted by Crippen LogP contribution is -2.42. The van der Waals surface area contributed by atoms with Gasteiger partial charge in [-0.1, -0.05) is 54.7 Å². The average molecular weight is 592 g/mol. The van der Waals surface area contributed by atoms with E-state index in [-0.39, 0.29) is 41.4 Å². The van der Waals surface area contributed by atoms with Crippen LogP contribution in [0.15, 0.2) is 89.6 Å². The van der Waals surface area contributed by atoms with Gasteiger partial charge in [0.05, 0.1) is 16.3 Å². The number of rotatable bonds is 6. The van der Waals surface area contributed by atoms with Gasteiger partial charge >= 0.3 is 0 Å². The number of benzene rings is 2. The second-order valence-corrected chi connectivity index (χ2v) is 9.27. The van der Waals surface area contributed by atoms with Crippen molar-refractivity contribution >= 4 is 79.8 Å². The maximum Gasteiger partial charge on any atom is 0.239 e. The largest absolute Gasteiger partial charge is 0.457 e.